The summed E-state index contributed by atoms with van der Waals surface area (Å²) in [5, 5.41) is 7.07. The molecule has 13 heavy (non-hydrogen) atoms. The molecule has 0 saturated carbocycles. The summed E-state index contributed by atoms with van der Waals surface area (Å²) in [7, 11) is 0. The molecule has 1 atom stereocenters. The van der Waals surface area contributed by atoms with Crippen molar-refractivity contribution in [3.63, 3.8) is 0 Å². The molecule has 0 amide bonds. The predicted molar refractivity (Wildman–Crippen MR) is 51.2 cm³/mol. The van der Waals surface area contributed by atoms with Crippen LogP contribution in [0.1, 0.15) is 25.0 Å². The summed E-state index contributed by atoms with van der Waals surface area (Å²) in [6.07, 6.45) is 9.46. The van der Waals surface area contributed by atoms with Crippen LogP contribution < -0.4 is 5.32 Å². The maximum Gasteiger partial charge on any atom is 0.159 e. The summed E-state index contributed by atoms with van der Waals surface area (Å²) in [6.45, 7) is 1.17. The second-order valence-corrected chi connectivity index (χ2v) is 3.35. The van der Waals surface area contributed by atoms with Crippen LogP contribution in [0, 0.1) is 0 Å². The highest BCUT2D eigenvalue weighted by molar-refractivity contribution is 5.41. The predicted octanol–water partition coefficient (Wildman–Crippen LogP) is 1.83. The van der Waals surface area contributed by atoms with E-state index in [-0.39, 0.29) is 0 Å². The largest absolute Gasteiger partial charge is 0.357 e. The smallest absolute Gasteiger partial charge is 0.159 e. The molecule has 0 spiro atoms. The van der Waals surface area contributed by atoms with Crippen LogP contribution in [-0.4, -0.2) is 17.7 Å². The van der Waals surface area contributed by atoms with Crippen molar-refractivity contribution in [3.05, 3.63) is 24.1 Å². The van der Waals surface area contributed by atoms with E-state index in [1.54, 1.807) is 6.20 Å². The van der Waals surface area contributed by atoms with Gasteiger partial charge in [-0.15, -0.1) is 0 Å². The molecule has 70 valence electrons. The molecule has 3 heteroatoms. The highest BCUT2D eigenvalue weighted by Crippen LogP contribution is 2.10. The summed E-state index contributed by atoms with van der Waals surface area (Å²) < 4.78 is 4.94. The Bertz CT molecular complexity index is 260. The summed E-state index contributed by atoms with van der Waals surface area (Å²) in [5.74, 6) is 0.831. The molecular weight excluding hydrogens is 164 g/mol. The topological polar surface area (TPSA) is 38.1 Å². The molecule has 0 bridgehead atoms. The van der Waals surface area contributed by atoms with Gasteiger partial charge in [-0.1, -0.05) is 11.2 Å². The van der Waals surface area contributed by atoms with Crippen LogP contribution in [0.5, 0.6) is 0 Å². The fourth-order valence-corrected chi connectivity index (χ4v) is 1.62. The number of hydrogen-bond donors (Lipinski definition) is 1. The van der Waals surface area contributed by atoms with Crippen LogP contribution in [0.15, 0.2) is 22.9 Å². The van der Waals surface area contributed by atoms with E-state index in [1.807, 2.05) is 12.1 Å². The van der Waals surface area contributed by atoms with E-state index in [1.165, 1.54) is 19.4 Å². The van der Waals surface area contributed by atoms with Gasteiger partial charge in [-0.3, -0.25) is 0 Å². The Morgan fingerprint density at radius 1 is 1.69 bits per heavy atom. The van der Waals surface area contributed by atoms with Gasteiger partial charge in [0.15, 0.2) is 5.76 Å². The molecule has 2 heterocycles. The van der Waals surface area contributed by atoms with Gasteiger partial charge in [-0.2, -0.15) is 0 Å². The highest BCUT2D eigenvalue weighted by atomic mass is 16.5. The fourth-order valence-electron chi connectivity index (χ4n) is 1.62. The van der Waals surface area contributed by atoms with Crippen molar-refractivity contribution in [3.8, 4) is 0 Å². The summed E-state index contributed by atoms with van der Waals surface area (Å²) in [5.41, 5.74) is 0. The molecule has 0 aliphatic carbocycles. The number of aromatic nitrogens is 1. The monoisotopic (exact) mass is 178 g/mol. The highest BCUT2D eigenvalue weighted by Gasteiger charge is 2.11. The van der Waals surface area contributed by atoms with Crippen LogP contribution in [0.2, 0.25) is 0 Å². The third kappa shape index (κ3) is 2.42. The minimum atomic E-state index is 0.666. The van der Waals surface area contributed by atoms with Crippen LogP contribution in [-0.2, 0) is 0 Å². The lowest BCUT2D eigenvalue weighted by Gasteiger charge is -2.04. The Morgan fingerprint density at radius 2 is 2.69 bits per heavy atom. The summed E-state index contributed by atoms with van der Waals surface area (Å²) in [4.78, 5) is 0. The normalized spacial score (nSPS) is 22.9. The van der Waals surface area contributed by atoms with Gasteiger partial charge < -0.3 is 9.84 Å². The molecule has 1 saturated heterocycles. The first-order valence-corrected chi connectivity index (χ1v) is 4.76. The maximum absolute atomic E-state index is 4.94. The van der Waals surface area contributed by atoms with E-state index in [2.05, 4.69) is 16.5 Å². The minimum Gasteiger partial charge on any atom is -0.357 e. The van der Waals surface area contributed by atoms with Crippen LogP contribution in [0.3, 0.4) is 0 Å². The number of rotatable bonds is 3. The molecule has 0 radical (unpaired) electrons. The molecule has 1 aromatic rings. The van der Waals surface area contributed by atoms with Crippen molar-refractivity contribution < 1.29 is 4.52 Å². The maximum atomic E-state index is 4.94. The molecule has 1 aliphatic rings. The van der Waals surface area contributed by atoms with Gasteiger partial charge in [-0.25, -0.2) is 0 Å². The van der Waals surface area contributed by atoms with Crippen molar-refractivity contribution >= 4 is 6.08 Å². The zero-order chi connectivity index (χ0) is 8.93. The van der Waals surface area contributed by atoms with Gasteiger partial charge >= 0.3 is 0 Å². The van der Waals surface area contributed by atoms with Gasteiger partial charge in [0.1, 0.15) is 0 Å². The van der Waals surface area contributed by atoms with Crippen molar-refractivity contribution in [2.45, 2.75) is 25.3 Å². The third-order valence-corrected chi connectivity index (χ3v) is 2.32. The lowest BCUT2D eigenvalue weighted by atomic mass is 10.1. The van der Waals surface area contributed by atoms with Gasteiger partial charge in [0, 0.05) is 12.1 Å². The van der Waals surface area contributed by atoms with E-state index in [0.29, 0.717) is 6.04 Å². The van der Waals surface area contributed by atoms with Crippen molar-refractivity contribution in [1.82, 2.24) is 10.5 Å². The Morgan fingerprint density at radius 3 is 3.38 bits per heavy atom. The van der Waals surface area contributed by atoms with E-state index in [9.17, 15) is 0 Å². The number of nitrogens with zero attached hydrogens (tertiary/aromatic N) is 1. The zero-order valence-corrected chi connectivity index (χ0v) is 7.57. The van der Waals surface area contributed by atoms with Crippen molar-refractivity contribution in [2.75, 3.05) is 6.54 Å². The van der Waals surface area contributed by atoms with Gasteiger partial charge in [-0.05, 0) is 31.9 Å². The lowest BCUT2D eigenvalue weighted by Crippen LogP contribution is -2.19. The molecule has 0 aromatic carbocycles. The molecule has 1 aromatic heterocycles. The Balaban J connectivity index is 1.78. The standard InChI is InChI=1S/C10H14N2O/c1(3-9-4-2-7-11-9)5-10-6-8-12-13-10/h1,5-6,8-9,11H,2-4,7H2/t9-/m1/s1. The minimum absolute atomic E-state index is 0.666. The van der Waals surface area contributed by atoms with E-state index in [4.69, 9.17) is 4.52 Å². The average Bonchev–Trinajstić information content (AvgIpc) is 2.75. The molecular formula is C10H14N2O. The first-order valence-electron chi connectivity index (χ1n) is 4.76. The third-order valence-electron chi connectivity index (χ3n) is 2.32. The molecule has 1 aliphatic heterocycles. The first-order chi connectivity index (χ1) is 6.45. The van der Waals surface area contributed by atoms with Gasteiger partial charge in [0.2, 0.25) is 0 Å². The van der Waals surface area contributed by atoms with E-state index < -0.39 is 0 Å². The summed E-state index contributed by atoms with van der Waals surface area (Å²) in [6, 6.07) is 2.53. The SMILES string of the molecule is C(=Cc1ccno1)C[C@@H]1CCCN1. The number of nitrogens with one attached hydrogen (secondary N) is 1. The van der Waals surface area contributed by atoms with Gasteiger partial charge in [0.05, 0.1) is 6.20 Å². The zero-order valence-electron chi connectivity index (χ0n) is 7.57. The average molecular weight is 178 g/mol. The lowest BCUT2D eigenvalue weighted by molar-refractivity contribution is 0.412. The van der Waals surface area contributed by atoms with Crippen LogP contribution in [0.25, 0.3) is 6.08 Å². The van der Waals surface area contributed by atoms with E-state index in [0.717, 1.165) is 12.2 Å². The molecule has 0 unspecified atom stereocenters. The van der Waals surface area contributed by atoms with Crippen molar-refractivity contribution in [2.24, 2.45) is 0 Å². The summed E-state index contributed by atoms with van der Waals surface area (Å²) >= 11 is 0. The fraction of sp³-hybridized carbons (Fsp3) is 0.500. The van der Waals surface area contributed by atoms with Crippen molar-refractivity contribution in [1.29, 1.82) is 0 Å². The molecule has 3 nitrogen and oxygen atoms in total. The second-order valence-electron chi connectivity index (χ2n) is 3.35. The Kier molecular flexibility index (Phi) is 2.77. The van der Waals surface area contributed by atoms with Crippen LogP contribution >= 0.6 is 0 Å². The first kappa shape index (κ1) is 8.51. The second kappa shape index (κ2) is 4.23. The molecule has 1 N–H and O–H groups in total. The van der Waals surface area contributed by atoms with E-state index >= 15 is 0 Å². The van der Waals surface area contributed by atoms with Crippen LogP contribution in [0.4, 0.5) is 0 Å². The van der Waals surface area contributed by atoms with Gasteiger partial charge in [0.25, 0.3) is 0 Å². The Hall–Kier alpha value is -1.09. The molecule has 2 rings (SSSR count). The Labute approximate surface area is 77.8 Å². The molecule has 1 fully saturated rings. The number of hydrogen-bond acceptors (Lipinski definition) is 3. The quantitative estimate of drug-likeness (QED) is 0.767.